The fourth-order valence-corrected chi connectivity index (χ4v) is 4.41. The van der Waals surface area contributed by atoms with Crippen LogP contribution in [-0.2, 0) is 10.0 Å². The summed E-state index contributed by atoms with van der Waals surface area (Å²) in [5.41, 5.74) is 0.723. The molecule has 5 rings (SSSR count). The lowest BCUT2D eigenvalue weighted by Gasteiger charge is -2.15. The topological polar surface area (TPSA) is 126 Å². The molecule has 0 amide bonds. The fraction of sp³-hybridized carbons (Fsp3) is 0. The molecule has 0 bridgehead atoms. The van der Waals surface area contributed by atoms with Crippen molar-refractivity contribution < 1.29 is 17.2 Å². The molecule has 0 fully saturated rings. The first-order valence-electron chi connectivity index (χ1n) is 9.86. The van der Waals surface area contributed by atoms with Crippen LogP contribution in [0, 0.1) is 11.6 Å². The maximum absolute atomic E-state index is 15.3. The molecule has 0 atom stereocenters. The zero-order chi connectivity index (χ0) is 23.7. The molecule has 12 heteroatoms. The number of sulfonamides is 1. The van der Waals surface area contributed by atoms with Gasteiger partial charge in [0.15, 0.2) is 11.5 Å². The zero-order valence-corrected chi connectivity index (χ0v) is 18.0. The van der Waals surface area contributed by atoms with Crippen LogP contribution in [0.2, 0.25) is 0 Å². The summed E-state index contributed by atoms with van der Waals surface area (Å²) in [5.74, 6) is -1.99. The number of anilines is 3. The van der Waals surface area contributed by atoms with Crippen LogP contribution < -0.4 is 10.0 Å². The van der Waals surface area contributed by atoms with E-state index in [1.165, 1.54) is 43.1 Å². The third kappa shape index (κ3) is 3.90. The maximum Gasteiger partial charge on any atom is 0.261 e. The minimum Gasteiger partial charge on any atom is -0.335 e. The Morgan fingerprint density at radius 3 is 2.53 bits per heavy atom. The van der Waals surface area contributed by atoms with Gasteiger partial charge in [-0.05, 0) is 36.4 Å². The number of halogens is 2. The molecular weight excluding hydrogens is 464 g/mol. The molecule has 0 spiro atoms. The predicted octanol–water partition coefficient (Wildman–Crippen LogP) is 4.24. The highest BCUT2D eigenvalue weighted by molar-refractivity contribution is 7.92. The minimum absolute atomic E-state index is 0.0629. The normalized spacial score (nSPS) is 11.5. The summed E-state index contributed by atoms with van der Waals surface area (Å²) in [6.07, 6.45) is 4.22. The van der Waals surface area contributed by atoms with Crippen LogP contribution >= 0.6 is 0 Å². The molecular formula is C22H15F2N7O2S. The number of pyridine rings is 1. The number of fused-ring (bicyclic) bond motifs is 1. The van der Waals surface area contributed by atoms with Crippen LogP contribution in [0.25, 0.3) is 22.4 Å². The number of aromatic amines is 1. The van der Waals surface area contributed by atoms with Gasteiger partial charge < -0.3 is 10.3 Å². The standard InChI is InChI=1S/C22H15F2N7O2S/c23-15-8-9-16(31-34(32,33)13-5-2-1-3-6-13)17(24)19(15)30-21-14(7-4-10-25-21)18-20-22(28-11-26-18)29-12-27-20/h1-12,31H,(H,25,30)(H,26,27,28,29). The number of hydrogen-bond acceptors (Lipinski definition) is 7. The second-order valence-electron chi connectivity index (χ2n) is 7.05. The van der Waals surface area contributed by atoms with Crippen LogP contribution in [0.15, 0.2) is 78.3 Å². The smallest absolute Gasteiger partial charge is 0.261 e. The Kier molecular flexibility index (Phi) is 5.34. The summed E-state index contributed by atoms with van der Waals surface area (Å²) in [7, 11) is -4.09. The van der Waals surface area contributed by atoms with Crippen molar-refractivity contribution in [3.8, 4) is 11.3 Å². The van der Waals surface area contributed by atoms with Gasteiger partial charge in [0.25, 0.3) is 10.0 Å². The molecule has 0 aliphatic rings. The molecule has 170 valence electrons. The monoisotopic (exact) mass is 479 g/mol. The molecule has 0 aliphatic heterocycles. The van der Waals surface area contributed by atoms with Crippen LogP contribution in [0.1, 0.15) is 0 Å². The molecule has 0 saturated heterocycles. The van der Waals surface area contributed by atoms with E-state index in [0.29, 0.717) is 22.4 Å². The number of hydrogen-bond donors (Lipinski definition) is 3. The Morgan fingerprint density at radius 2 is 1.71 bits per heavy atom. The van der Waals surface area contributed by atoms with Crippen molar-refractivity contribution in [1.82, 2.24) is 24.9 Å². The van der Waals surface area contributed by atoms with Crippen molar-refractivity contribution in [1.29, 1.82) is 0 Å². The lowest BCUT2D eigenvalue weighted by molar-refractivity contribution is 0.588. The van der Waals surface area contributed by atoms with E-state index in [4.69, 9.17) is 0 Å². The third-order valence-electron chi connectivity index (χ3n) is 4.91. The highest BCUT2D eigenvalue weighted by atomic mass is 32.2. The first kappa shape index (κ1) is 21.4. The Bertz CT molecular complexity index is 1610. The van der Waals surface area contributed by atoms with Gasteiger partial charge in [-0.3, -0.25) is 4.72 Å². The molecule has 9 nitrogen and oxygen atoms in total. The number of benzene rings is 2. The van der Waals surface area contributed by atoms with E-state index in [1.54, 1.807) is 18.2 Å². The Hall–Kier alpha value is -4.45. The van der Waals surface area contributed by atoms with E-state index in [2.05, 4.69) is 35.0 Å². The average molecular weight is 479 g/mol. The van der Waals surface area contributed by atoms with Gasteiger partial charge in [0.1, 0.15) is 34.9 Å². The molecule has 3 N–H and O–H groups in total. The summed E-state index contributed by atoms with van der Waals surface area (Å²) in [4.78, 5) is 19.5. The minimum atomic E-state index is -4.09. The maximum atomic E-state index is 15.3. The van der Waals surface area contributed by atoms with Gasteiger partial charge in [-0.1, -0.05) is 18.2 Å². The fourth-order valence-electron chi connectivity index (χ4n) is 3.33. The second kappa shape index (κ2) is 8.48. The van der Waals surface area contributed by atoms with Crippen molar-refractivity contribution in [2.24, 2.45) is 0 Å². The van der Waals surface area contributed by atoms with E-state index in [1.807, 2.05) is 0 Å². The van der Waals surface area contributed by atoms with Gasteiger partial charge in [0.05, 0.1) is 16.9 Å². The van der Waals surface area contributed by atoms with Crippen LogP contribution in [0.5, 0.6) is 0 Å². The van der Waals surface area contributed by atoms with E-state index in [9.17, 15) is 12.8 Å². The van der Waals surface area contributed by atoms with Crippen molar-refractivity contribution in [3.63, 3.8) is 0 Å². The molecule has 0 unspecified atom stereocenters. The zero-order valence-electron chi connectivity index (χ0n) is 17.2. The highest BCUT2D eigenvalue weighted by Crippen LogP contribution is 2.34. The van der Waals surface area contributed by atoms with Crippen molar-refractivity contribution in [2.45, 2.75) is 4.90 Å². The van der Waals surface area contributed by atoms with Crippen LogP contribution in [-0.4, -0.2) is 33.3 Å². The number of nitrogens with one attached hydrogen (secondary N) is 3. The van der Waals surface area contributed by atoms with Crippen LogP contribution in [0.4, 0.5) is 26.0 Å². The van der Waals surface area contributed by atoms with Gasteiger partial charge in [0.2, 0.25) is 0 Å². The summed E-state index contributed by atoms with van der Waals surface area (Å²) >= 11 is 0. The Labute approximate surface area is 192 Å². The highest BCUT2D eigenvalue weighted by Gasteiger charge is 2.22. The third-order valence-corrected chi connectivity index (χ3v) is 6.29. The van der Waals surface area contributed by atoms with Gasteiger partial charge in [-0.2, -0.15) is 0 Å². The molecule has 3 aromatic heterocycles. The van der Waals surface area contributed by atoms with Gasteiger partial charge in [-0.25, -0.2) is 37.1 Å². The van der Waals surface area contributed by atoms with E-state index in [-0.39, 0.29) is 10.7 Å². The average Bonchev–Trinajstić information content (AvgIpc) is 3.34. The summed E-state index contributed by atoms with van der Waals surface area (Å²) < 4.78 is 57.4. The van der Waals surface area contributed by atoms with Gasteiger partial charge >= 0.3 is 0 Å². The number of imidazole rings is 1. The quantitative estimate of drug-likeness (QED) is 0.333. The summed E-state index contributed by atoms with van der Waals surface area (Å²) in [5, 5.41) is 2.64. The van der Waals surface area contributed by atoms with Crippen LogP contribution in [0.3, 0.4) is 0 Å². The molecule has 0 saturated carbocycles. The van der Waals surface area contributed by atoms with Crippen molar-refractivity contribution in [2.75, 3.05) is 10.0 Å². The molecule has 3 heterocycles. The largest absolute Gasteiger partial charge is 0.335 e. The van der Waals surface area contributed by atoms with Gasteiger partial charge in [-0.15, -0.1) is 0 Å². The number of nitrogens with zero attached hydrogens (tertiary/aromatic N) is 4. The van der Waals surface area contributed by atoms with Crippen molar-refractivity contribution in [3.05, 3.63) is 85.1 Å². The second-order valence-corrected chi connectivity index (χ2v) is 8.73. The SMILES string of the molecule is O=S(=O)(Nc1ccc(F)c(Nc2ncccc2-c2ncnc3[nH]cnc23)c1F)c1ccccc1. The van der Waals surface area contributed by atoms with E-state index < -0.39 is 33.0 Å². The molecule has 2 aromatic carbocycles. The predicted molar refractivity (Wildman–Crippen MR) is 122 cm³/mol. The Morgan fingerprint density at radius 1 is 0.882 bits per heavy atom. The first-order chi connectivity index (χ1) is 16.4. The van der Waals surface area contributed by atoms with E-state index >= 15 is 4.39 Å². The molecule has 0 aliphatic carbocycles. The first-order valence-corrected chi connectivity index (χ1v) is 11.3. The molecule has 34 heavy (non-hydrogen) atoms. The van der Waals surface area contributed by atoms with Gasteiger partial charge in [0, 0.05) is 11.8 Å². The molecule has 0 radical (unpaired) electrons. The summed E-state index contributed by atoms with van der Waals surface area (Å²) in [6, 6.07) is 12.7. The van der Waals surface area contributed by atoms with E-state index in [0.717, 1.165) is 12.1 Å². The lowest BCUT2D eigenvalue weighted by Crippen LogP contribution is -2.15. The Balaban J connectivity index is 1.54. The van der Waals surface area contributed by atoms with Crippen molar-refractivity contribution >= 4 is 38.4 Å². The number of aromatic nitrogens is 5. The number of rotatable bonds is 6. The lowest BCUT2D eigenvalue weighted by atomic mass is 10.1. The number of H-pyrrole nitrogens is 1. The molecule has 5 aromatic rings. The summed E-state index contributed by atoms with van der Waals surface area (Å²) in [6.45, 7) is 0.